The molecule has 114 valence electrons. The molecule has 1 unspecified atom stereocenters. The van der Waals surface area contributed by atoms with Crippen molar-refractivity contribution in [3.63, 3.8) is 0 Å². The Bertz CT molecular complexity index is 564. The third-order valence-electron chi connectivity index (χ3n) is 4.08. The van der Waals surface area contributed by atoms with Gasteiger partial charge in [0.25, 0.3) is 0 Å². The van der Waals surface area contributed by atoms with Gasteiger partial charge in [0, 0.05) is 10.5 Å². The number of rotatable bonds is 8. The fourth-order valence-electron chi connectivity index (χ4n) is 2.98. The van der Waals surface area contributed by atoms with Crippen molar-refractivity contribution in [2.24, 2.45) is 0 Å². The molecule has 0 bridgehead atoms. The fraction of sp³-hybridized carbons (Fsp3) is 0.474. The third kappa shape index (κ3) is 4.31. The number of benzene rings is 2. The molecule has 0 spiro atoms. The number of unbranched alkanes of at least 4 members (excludes halogenated alkanes) is 3. The monoisotopic (exact) mass is 347 g/mol. The predicted octanol–water partition coefficient (Wildman–Crippen LogP) is 6.22. The first-order valence-electron chi connectivity index (χ1n) is 8.18. The van der Waals surface area contributed by atoms with Gasteiger partial charge in [-0.1, -0.05) is 85.8 Å². The molecule has 0 aliphatic carbocycles. The van der Waals surface area contributed by atoms with Gasteiger partial charge in [-0.3, -0.25) is 0 Å². The lowest BCUT2D eigenvalue weighted by molar-refractivity contribution is 0.484. The summed E-state index contributed by atoms with van der Waals surface area (Å²) >= 11 is 3.67. The molecular formula is C19H26BrN. The van der Waals surface area contributed by atoms with Crippen LogP contribution in [0.25, 0.3) is 10.8 Å². The van der Waals surface area contributed by atoms with Gasteiger partial charge in [0.1, 0.15) is 0 Å². The molecule has 2 rings (SSSR count). The molecule has 0 aliphatic rings. The second kappa shape index (κ2) is 8.55. The maximum atomic E-state index is 3.67. The molecule has 0 saturated carbocycles. The van der Waals surface area contributed by atoms with Gasteiger partial charge < -0.3 is 5.32 Å². The quantitative estimate of drug-likeness (QED) is 0.558. The lowest BCUT2D eigenvalue weighted by Gasteiger charge is -2.21. The second-order valence-electron chi connectivity index (χ2n) is 5.64. The highest BCUT2D eigenvalue weighted by Gasteiger charge is 2.14. The molecule has 1 atom stereocenters. The zero-order chi connectivity index (χ0) is 15.1. The molecule has 21 heavy (non-hydrogen) atoms. The van der Waals surface area contributed by atoms with Crippen LogP contribution in [0.3, 0.4) is 0 Å². The Morgan fingerprint density at radius 1 is 0.952 bits per heavy atom. The summed E-state index contributed by atoms with van der Waals surface area (Å²) in [6.45, 7) is 5.48. The highest BCUT2D eigenvalue weighted by molar-refractivity contribution is 9.10. The van der Waals surface area contributed by atoms with Crippen LogP contribution in [0.1, 0.15) is 57.6 Å². The molecule has 2 aromatic carbocycles. The Balaban J connectivity index is 2.25. The minimum absolute atomic E-state index is 0.463. The molecule has 0 radical (unpaired) electrons. The van der Waals surface area contributed by atoms with E-state index in [1.807, 2.05) is 0 Å². The molecule has 0 aromatic heterocycles. The van der Waals surface area contributed by atoms with Crippen molar-refractivity contribution < 1.29 is 0 Å². The van der Waals surface area contributed by atoms with E-state index >= 15 is 0 Å². The first-order valence-corrected chi connectivity index (χ1v) is 8.97. The molecule has 0 amide bonds. The highest BCUT2D eigenvalue weighted by atomic mass is 79.9. The Morgan fingerprint density at radius 2 is 1.71 bits per heavy atom. The summed E-state index contributed by atoms with van der Waals surface area (Å²) in [7, 11) is 0. The van der Waals surface area contributed by atoms with Crippen molar-refractivity contribution in [2.75, 3.05) is 6.54 Å². The van der Waals surface area contributed by atoms with Crippen molar-refractivity contribution in [3.8, 4) is 0 Å². The van der Waals surface area contributed by atoms with Gasteiger partial charge in [0.05, 0.1) is 0 Å². The van der Waals surface area contributed by atoms with E-state index in [4.69, 9.17) is 0 Å². The summed E-state index contributed by atoms with van der Waals surface area (Å²) in [5.41, 5.74) is 1.44. The van der Waals surface area contributed by atoms with Crippen LogP contribution in [-0.4, -0.2) is 6.54 Å². The van der Waals surface area contributed by atoms with E-state index < -0.39 is 0 Å². The topological polar surface area (TPSA) is 12.0 Å². The van der Waals surface area contributed by atoms with Gasteiger partial charge in [-0.2, -0.15) is 0 Å². The van der Waals surface area contributed by atoms with Crippen LogP contribution in [-0.2, 0) is 0 Å². The molecule has 2 heteroatoms. The van der Waals surface area contributed by atoms with E-state index in [2.05, 4.69) is 71.5 Å². The van der Waals surface area contributed by atoms with Crippen LogP contribution in [0.5, 0.6) is 0 Å². The number of hydrogen-bond donors (Lipinski definition) is 1. The van der Waals surface area contributed by atoms with E-state index in [0.29, 0.717) is 6.04 Å². The largest absolute Gasteiger partial charge is 0.310 e. The van der Waals surface area contributed by atoms with E-state index in [-0.39, 0.29) is 0 Å². The summed E-state index contributed by atoms with van der Waals surface area (Å²) in [6, 6.07) is 13.6. The van der Waals surface area contributed by atoms with Crippen LogP contribution >= 0.6 is 15.9 Å². The van der Waals surface area contributed by atoms with Crippen LogP contribution in [0.4, 0.5) is 0 Å². The minimum Gasteiger partial charge on any atom is -0.310 e. The molecule has 0 fully saturated rings. The smallest absolute Gasteiger partial charge is 0.0326 e. The highest BCUT2D eigenvalue weighted by Crippen LogP contribution is 2.32. The van der Waals surface area contributed by atoms with Crippen LogP contribution in [0.15, 0.2) is 40.9 Å². The zero-order valence-corrected chi connectivity index (χ0v) is 14.7. The summed E-state index contributed by atoms with van der Waals surface area (Å²) in [6.07, 6.45) is 6.51. The average molecular weight is 348 g/mol. The molecule has 1 N–H and O–H groups in total. The maximum absolute atomic E-state index is 3.67. The van der Waals surface area contributed by atoms with Gasteiger partial charge >= 0.3 is 0 Å². The number of hydrogen-bond acceptors (Lipinski definition) is 1. The lowest BCUT2D eigenvalue weighted by atomic mass is 9.95. The first-order chi connectivity index (χ1) is 10.3. The van der Waals surface area contributed by atoms with Crippen LogP contribution < -0.4 is 5.32 Å². The van der Waals surface area contributed by atoms with E-state index in [1.54, 1.807) is 0 Å². The van der Waals surface area contributed by atoms with Crippen molar-refractivity contribution in [2.45, 2.75) is 52.0 Å². The number of fused-ring (bicyclic) bond motifs is 1. The summed E-state index contributed by atoms with van der Waals surface area (Å²) in [5, 5.41) is 6.35. The molecule has 0 heterocycles. The van der Waals surface area contributed by atoms with Crippen molar-refractivity contribution in [1.82, 2.24) is 5.32 Å². The van der Waals surface area contributed by atoms with Gasteiger partial charge in [-0.25, -0.2) is 0 Å². The van der Waals surface area contributed by atoms with Crippen molar-refractivity contribution in [1.29, 1.82) is 0 Å². The fourth-order valence-corrected chi connectivity index (χ4v) is 3.46. The normalized spacial score (nSPS) is 12.7. The minimum atomic E-state index is 0.463. The number of nitrogens with one attached hydrogen (secondary N) is 1. The Morgan fingerprint density at radius 3 is 2.43 bits per heavy atom. The van der Waals surface area contributed by atoms with Gasteiger partial charge in [0.2, 0.25) is 0 Å². The predicted molar refractivity (Wildman–Crippen MR) is 96.8 cm³/mol. The first kappa shape index (κ1) is 16.5. The molecular weight excluding hydrogens is 322 g/mol. The number of halogens is 1. The van der Waals surface area contributed by atoms with Crippen molar-refractivity contribution in [3.05, 3.63) is 46.4 Å². The Hall–Kier alpha value is -0.860. The Labute approximate surface area is 137 Å². The summed E-state index contributed by atoms with van der Waals surface area (Å²) in [5.74, 6) is 0. The Kier molecular flexibility index (Phi) is 6.72. The third-order valence-corrected chi connectivity index (χ3v) is 4.77. The SMILES string of the molecule is CCCCCCC(NCC)c1ccc(Br)c2ccccc12. The van der Waals surface area contributed by atoms with Gasteiger partial charge in [-0.15, -0.1) is 0 Å². The summed E-state index contributed by atoms with van der Waals surface area (Å²) < 4.78 is 1.18. The zero-order valence-electron chi connectivity index (χ0n) is 13.2. The van der Waals surface area contributed by atoms with E-state index in [1.165, 1.54) is 52.9 Å². The maximum Gasteiger partial charge on any atom is 0.0326 e. The van der Waals surface area contributed by atoms with E-state index in [0.717, 1.165) is 6.54 Å². The standard InChI is InChI=1S/C19H26BrN/c1-3-5-6-7-12-19(21-4-2)17-13-14-18(20)16-11-9-8-10-15(16)17/h8-11,13-14,19,21H,3-7,12H2,1-2H3. The summed E-state index contributed by atoms with van der Waals surface area (Å²) in [4.78, 5) is 0. The molecule has 0 aliphatic heterocycles. The van der Waals surface area contributed by atoms with Gasteiger partial charge in [0.15, 0.2) is 0 Å². The molecule has 1 nitrogen and oxygen atoms in total. The van der Waals surface area contributed by atoms with Crippen molar-refractivity contribution >= 4 is 26.7 Å². The molecule has 2 aromatic rings. The molecule has 0 saturated heterocycles. The second-order valence-corrected chi connectivity index (χ2v) is 6.50. The van der Waals surface area contributed by atoms with Crippen LogP contribution in [0.2, 0.25) is 0 Å². The van der Waals surface area contributed by atoms with E-state index in [9.17, 15) is 0 Å². The van der Waals surface area contributed by atoms with Gasteiger partial charge in [-0.05, 0) is 35.4 Å². The average Bonchev–Trinajstić information content (AvgIpc) is 2.51. The van der Waals surface area contributed by atoms with Crippen LogP contribution in [0, 0.1) is 0 Å². The lowest BCUT2D eigenvalue weighted by Crippen LogP contribution is -2.21.